The van der Waals surface area contributed by atoms with Crippen molar-refractivity contribution in [3.63, 3.8) is 0 Å². The number of carboxylic acids is 1. The number of carboxylic acid groups (broad SMARTS) is 1. The molecule has 0 radical (unpaired) electrons. The molecule has 4 rings (SSSR count). The van der Waals surface area contributed by atoms with Crippen molar-refractivity contribution >= 4 is 24.7 Å². The smallest absolute Gasteiger partial charge is 0.335 e. The third kappa shape index (κ3) is 4.04. The number of hydrogen-bond acceptors (Lipinski definition) is 5. The summed E-state index contributed by atoms with van der Waals surface area (Å²) in [6, 6.07) is 20.7. The molecule has 2 aromatic rings. The van der Waals surface area contributed by atoms with Crippen LogP contribution in [0.15, 0.2) is 60.7 Å². The molecule has 4 atom stereocenters. The average Bonchev–Trinajstić information content (AvgIpc) is 3.22. The predicted octanol–water partition coefficient (Wildman–Crippen LogP) is 2.94. The van der Waals surface area contributed by atoms with E-state index in [1.165, 1.54) is 0 Å². The fraction of sp³-hybridized carbons (Fsp3) is 0.480. The van der Waals surface area contributed by atoms with Gasteiger partial charge in [-0.3, -0.25) is 0 Å². The van der Waals surface area contributed by atoms with Gasteiger partial charge in [0.25, 0.3) is 8.32 Å². The summed E-state index contributed by atoms with van der Waals surface area (Å²) in [7, 11) is -2.77. The summed E-state index contributed by atoms with van der Waals surface area (Å²) in [6.07, 6.45) is -2.77. The molecule has 6 nitrogen and oxygen atoms in total. The van der Waals surface area contributed by atoms with Crippen molar-refractivity contribution in [3.05, 3.63) is 60.7 Å². The zero-order valence-electron chi connectivity index (χ0n) is 19.3. The predicted molar refractivity (Wildman–Crippen MR) is 124 cm³/mol. The molecule has 2 heterocycles. The molecule has 1 N–H and O–H groups in total. The Hall–Kier alpha value is -2.03. The van der Waals surface area contributed by atoms with Crippen molar-refractivity contribution in [1.29, 1.82) is 0 Å². The number of aliphatic carboxylic acids is 1. The minimum absolute atomic E-state index is 0.188. The van der Waals surface area contributed by atoms with E-state index in [-0.39, 0.29) is 11.6 Å². The Kier molecular flexibility index (Phi) is 6.07. The molecule has 32 heavy (non-hydrogen) atoms. The Morgan fingerprint density at radius 3 is 1.94 bits per heavy atom. The second-order valence-electron chi connectivity index (χ2n) is 9.97. The van der Waals surface area contributed by atoms with E-state index in [0.29, 0.717) is 0 Å². The summed E-state index contributed by atoms with van der Waals surface area (Å²) in [5, 5.41) is 11.8. The summed E-state index contributed by atoms with van der Waals surface area (Å²) in [6.45, 7) is 10.4. The van der Waals surface area contributed by atoms with E-state index in [1.54, 1.807) is 13.8 Å². The van der Waals surface area contributed by atoms with Gasteiger partial charge in [0.05, 0.1) is 6.61 Å². The summed E-state index contributed by atoms with van der Waals surface area (Å²) in [5.74, 6) is -1.91. The molecule has 0 aromatic heterocycles. The molecule has 2 saturated heterocycles. The van der Waals surface area contributed by atoms with E-state index in [0.717, 1.165) is 10.4 Å². The molecule has 2 fully saturated rings. The molecule has 7 heteroatoms. The molecule has 2 aliphatic heterocycles. The van der Waals surface area contributed by atoms with Crippen molar-refractivity contribution in [2.75, 3.05) is 6.61 Å². The first-order valence-corrected chi connectivity index (χ1v) is 12.9. The van der Waals surface area contributed by atoms with Gasteiger partial charge in [0.15, 0.2) is 11.9 Å². The molecule has 0 bridgehead atoms. The monoisotopic (exact) mass is 456 g/mol. The lowest BCUT2D eigenvalue weighted by Crippen LogP contribution is -2.67. The van der Waals surface area contributed by atoms with Crippen LogP contribution in [0.3, 0.4) is 0 Å². The molecule has 0 saturated carbocycles. The zero-order chi connectivity index (χ0) is 23.1. The SMILES string of the molecule is CC1(C)O[C@@H]2[C@H](O1)[C@@H](CO[Si](c1ccccc1)(c1ccccc1)C(C)(C)C)O[C@H]2C(=O)O. The van der Waals surface area contributed by atoms with Gasteiger partial charge in [0.2, 0.25) is 0 Å². The van der Waals surface area contributed by atoms with Crippen molar-refractivity contribution in [1.82, 2.24) is 0 Å². The fourth-order valence-corrected chi connectivity index (χ4v) is 9.55. The molecular formula is C25H32O6Si. The highest BCUT2D eigenvalue weighted by atomic mass is 28.4. The van der Waals surface area contributed by atoms with Gasteiger partial charge in [0, 0.05) is 0 Å². The first-order chi connectivity index (χ1) is 15.1. The van der Waals surface area contributed by atoms with E-state index in [4.69, 9.17) is 18.6 Å². The standard InChI is InChI=1S/C25H32O6Si/c1-24(2,3)32(17-12-8-6-9-13-17,18-14-10-7-11-15-18)28-16-19-20-21(22(29-19)23(26)27)31-25(4,5)30-20/h6-15,19-22H,16H2,1-5H3,(H,26,27)/t19-,20-,21-,22-/m1/s1. The van der Waals surface area contributed by atoms with Gasteiger partial charge in [-0.25, -0.2) is 4.79 Å². The first kappa shape index (κ1) is 23.1. The maximum absolute atomic E-state index is 11.8. The molecule has 0 aliphatic carbocycles. The van der Waals surface area contributed by atoms with Crippen molar-refractivity contribution in [3.8, 4) is 0 Å². The minimum Gasteiger partial charge on any atom is -0.479 e. The Morgan fingerprint density at radius 2 is 1.47 bits per heavy atom. The van der Waals surface area contributed by atoms with Crippen LogP contribution in [0.4, 0.5) is 0 Å². The minimum atomic E-state index is -2.77. The van der Waals surface area contributed by atoms with Crippen LogP contribution < -0.4 is 10.4 Å². The lowest BCUT2D eigenvalue weighted by molar-refractivity contribution is -0.196. The quantitative estimate of drug-likeness (QED) is 0.674. The van der Waals surface area contributed by atoms with Crippen molar-refractivity contribution in [2.45, 2.75) is 69.9 Å². The Balaban J connectivity index is 1.71. The van der Waals surface area contributed by atoms with E-state index in [1.807, 2.05) is 36.4 Å². The third-order valence-corrected chi connectivity index (χ3v) is 11.3. The largest absolute Gasteiger partial charge is 0.479 e. The van der Waals surface area contributed by atoms with Gasteiger partial charge in [0.1, 0.15) is 18.3 Å². The van der Waals surface area contributed by atoms with Crippen molar-refractivity contribution < 1.29 is 28.5 Å². The topological polar surface area (TPSA) is 74.2 Å². The van der Waals surface area contributed by atoms with E-state index in [2.05, 4.69) is 45.0 Å². The van der Waals surface area contributed by atoms with Gasteiger partial charge < -0.3 is 23.7 Å². The Bertz CT molecular complexity index is 900. The average molecular weight is 457 g/mol. The molecule has 172 valence electrons. The van der Waals surface area contributed by atoms with Crippen molar-refractivity contribution in [2.24, 2.45) is 0 Å². The lowest BCUT2D eigenvalue weighted by atomic mass is 10.1. The molecule has 0 amide bonds. The molecule has 0 unspecified atom stereocenters. The maximum Gasteiger partial charge on any atom is 0.335 e. The summed E-state index contributed by atoms with van der Waals surface area (Å²) < 4.78 is 24.8. The Morgan fingerprint density at radius 1 is 0.969 bits per heavy atom. The van der Waals surface area contributed by atoms with Gasteiger partial charge in [-0.1, -0.05) is 81.4 Å². The maximum atomic E-state index is 11.8. The zero-order valence-corrected chi connectivity index (χ0v) is 20.3. The van der Waals surface area contributed by atoms with Crippen LogP contribution in [0, 0.1) is 0 Å². The number of ether oxygens (including phenoxy) is 3. The molecule has 0 spiro atoms. The number of carbonyl (C=O) groups is 1. The molecule has 2 aliphatic rings. The number of fused-ring (bicyclic) bond motifs is 1. The highest BCUT2D eigenvalue weighted by Crippen LogP contribution is 2.41. The fourth-order valence-electron chi connectivity index (χ4n) is 4.98. The number of benzene rings is 2. The highest BCUT2D eigenvalue weighted by molar-refractivity contribution is 6.99. The number of rotatable bonds is 6. The second kappa shape index (κ2) is 8.39. The van der Waals surface area contributed by atoms with E-state index in [9.17, 15) is 9.90 Å². The van der Waals surface area contributed by atoms with Crippen LogP contribution in [0.25, 0.3) is 0 Å². The second-order valence-corrected chi connectivity index (χ2v) is 14.3. The van der Waals surface area contributed by atoms with Crippen LogP contribution in [-0.2, 0) is 23.4 Å². The number of hydrogen-bond donors (Lipinski definition) is 1. The first-order valence-electron chi connectivity index (χ1n) is 11.0. The molecule has 2 aromatic carbocycles. The summed E-state index contributed by atoms with van der Waals surface area (Å²) in [5.41, 5.74) is 0. The molecular weight excluding hydrogens is 424 g/mol. The highest BCUT2D eigenvalue weighted by Gasteiger charge is 2.59. The van der Waals surface area contributed by atoms with E-state index >= 15 is 0 Å². The van der Waals surface area contributed by atoms with Gasteiger partial charge in [-0.15, -0.1) is 0 Å². The lowest BCUT2D eigenvalue weighted by Gasteiger charge is -2.43. The van der Waals surface area contributed by atoms with Crippen LogP contribution in [0.5, 0.6) is 0 Å². The van der Waals surface area contributed by atoms with E-state index < -0.39 is 44.5 Å². The van der Waals surface area contributed by atoms with Crippen LogP contribution in [-0.4, -0.2) is 56.2 Å². The van der Waals surface area contributed by atoms with Gasteiger partial charge in [-0.05, 0) is 29.3 Å². The normalized spacial score (nSPS) is 27.3. The van der Waals surface area contributed by atoms with Crippen LogP contribution in [0.2, 0.25) is 5.04 Å². The third-order valence-electron chi connectivity index (χ3n) is 6.27. The van der Waals surface area contributed by atoms with Crippen LogP contribution in [0.1, 0.15) is 34.6 Å². The summed E-state index contributed by atoms with van der Waals surface area (Å²) in [4.78, 5) is 11.8. The summed E-state index contributed by atoms with van der Waals surface area (Å²) >= 11 is 0. The van der Waals surface area contributed by atoms with Crippen LogP contribution >= 0.6 is 0 Å². The van der Waals surface area contributed by atoms with Gasteiger partial charge >= 0.3 is 5.97 Å². The Labute approximate surface area is 190 Å². The van der Waals surface area contributed by atoms with Gasteiger partial charge in [-0.2, -0.15) is 0 Å².